The van der Waals surface area contributed by atoms with E-state index >= 15 is 0 Å². The van der Waals surface area contributed by atoms with Gasteiger partial charge in [0, 0.05) is 6.20 Å². The van der Waals surface area contributed by atoms with Crippen molar-refractivity contribution in [3.05, 3.63) is 28.5 Å². The summed E-state index contributed by atoms with van der Waals surface area (Å²) < 4.78 is 24.4. The molecular formula is C5H2BrF2N. The third kappa shape index (κ3) is 1.24. The lowest BCUT2D eigenvalue weighted by molar-refractivity contribution is 0.499. The van der Waals surface area contributed by atoms with Gasteiger partial charge in [-0.3, -0.25) is 4.98 Å². The molecule has 0 saturated heterocycles. The highest BCUT2D eigenvalue weighted by atomic mass is 79.9. The van der Waals surface area contributed by atoms with Gasteiger partial charge in [0.2, 0.25) is 0 Å². The van der Waals surface area contributed by atoms with Crippen molar-refractivity contribution in [1.29, 1.82) is 0 Å². The van der Waals surface area contributed by atoms with E-state index in [2.05, 4.69) is 20.9 Å². The van der Waals surface area contributed by atoms with E-state index in [1.807, 2.05) is 0 Å². The van der Waals surface area contributed by atoms with Gasteiger partial charge in [-0.25, -0.2) is 8.78 Å². The predicted molar refractivity (Wildman–Crippen MR) is 31.9 cm³/mol. The molecule has 0 aliphatic heterocycles. The van der Waals surface area contributed by atoms with Crippen LogP contribution in [0.2, 0.25) is 0 Å². The summed E-state index contributed by atoms with van der Waals surface area (Å²) in [6, 6.07) is 0. The van der Waals surface area contributed by atoms with Gasteiger partial charge in [0.25, 0.3) is 0 Å². The van der Waals surface area contributed by atoms with E-state index in [0.29, 0.717) is 0 Å². The maximum absolute atomic E-state index is 12.3. The first-order valence-corrected chi connectivity index (χ1v) is 2.95. The zero-order chi connectivity index (χ0) is 6.85. The van der Waals surface area contributed by atoms with Crippen molar-refractivity contribution in [1.82, 2.24) is 4.98 Å². The Hall–Kier alpha value is -0.510. The average Bonchev–Trinajstić information content (AvgIpc) is 1.83. The van der Waals surface area contributed by atoms with Gasteiger partial charge in [0.1, 0.15) is 0 Å². The first-order valence-electron chi connectivity index (χ1n) is 2.16. The van der Waals surface area contributed by atoms with Crippen LogP contribution in [0.1, 0.15) is 0 Å². The van der Waals surface area contributed by atoms with Crippen LogP contribution in [-0.2, 0) is 0 Å². The molecule has 0 unspecified atom stereocenters. The topological polar surface area (TPSA) is 12.9 Å². The molecule has 1 rings (SSSR count). The minimum atomic E-state index is -0.940. The molecule has 0 aliphatic rings. The molecule has 1 nitrogen and oxygen atoms in total. The fraction of sp³-hybridized carbons (Fsp3) is 0. The van der Waals surface area contributed by atoms with Crippen LogP contribution in [0.15, 0.2) is 16.9 Å². The van der Waals surface area contributed by atoms with E-state index < -0.39 is 11.6 Å². The Labute approximate surface area is 58.8 Å². The Balaban J connectivity index is 3.25. The average molecular weight is 194 g/mol. The van der Waals surface area contributed by atoms with Crippen LogP contribution in [-0.4, -0.2) is 4.98 Å². The Morgan fingerprint density at radius 1 is 1.33 bits per heavy atom. The Kier molecular flexibility index (Phi) is 1.75. The monoisotopic (exact) mass is 193 g/mol. The van der Waals surface area contributed by atoms with E-state index in [1.54, 1.807) is 0 Å². The Morgan fingerprint density at radius 2 is 2.00 bits per heavy atom. The highest BCUT2D eigenvalue weighted by molar-refractivity contribution is 9.10. The van der Waals surface area contributed by atoms with Crippen LogP contribution in [0.4, 0.5) is 8.78 Å². The second-order valence-electron chi connectivity index (χ2n) is 1.42. The number of nitrogens with zero attached hydrogens (tertiary/aromatic N) is 1. The lowest BCUT2D eigenvalue weighted by atomic mass is 10.5. The fourth-order valence-corrected chi connectivity index (χ4v) is 0.703. The van der Waals surface area contributed by atoms with Gasteiger partial charge in [0.05, 0.1) is 10.7 Å². The second kappa shape index (κ2) is 2.39. The highest BCUT2D eigenvalue weighted by Gasteiger charge is 2.03. The van der Waals surface area contributed by atoms with Crippen LogP contribution in [0.5, 0.6) is 0 Å². The van der Waals surface area contributed by atoms with Crippen molar-refractivity contribution >= 4 is 15.9 Å². The van der Waals surface area contributed by atoms with Crippen LogP contribution in [0.3, 0.4) is 0 Å². The van der Waals surface area contributed by atoms with Gasteiger partial charge in [-0.2, -0.15) is 0 Å². The standard InChI is InChI=1S/C5H2BrF2N/c6-3-1-9-2-4(7)5(3)8/h1-2H. The molecular weight excluding hydrogens is 192 g/mol. The van der Waals surface area contributed by atoms with Crippen LogP contribution < -0.4 is 0 Å². The number of rotatable bonds is 0. The molecule has 0 aromatic carbocycles. The van der Waals surface area contributed by atoms with Gasteiger partial charge in [0.15, 0.2) is 11.6 Å². The maximum Gasteiger partial charge on any atom is 0.178 e. The summed E-state index contributed by atoms with van der Waals surface area (Å²) in [5.41, 5.74) is 0. The van der Waals surface area contributed by atoms with Crippen molar-refractivity contribution in [3.63, 3.8) is 0 Å². The number of pyridine rings is 1. The van der Waals surface area contributed by atoms with Gasteiger partial charge in [-0.15, -0.1) is 0 Å². The number of halogens is 3. The molecule has 0 bridgehead atoms. The second-order valence-corrected chi connectivity index (χ2v) is 2.27. The third-order valence-electron chi connectivity index (χ3n) is 0.795. The molecule has 0 aliphatic carbocycles. The van der Waals surface area contributed by atoms with Crippen molar-refractivity contribution in [3.8, 4) is 0 Å². The maximum atomic E-state index is 12.3. The lowest BCUT2D eigenvalue weighted by Gasteiger charge is -1.91. The lowest BCUT2D eigenvalue weighted by Crippen LogP contribution is -1.85. The highest BCUT2D eigenvalue weighted by Crippen LogP contribution is 2.14. The number of hydrogen-bond donors (Lipinski definition) is 0. The molecule has 0 radical (unpaired) electrons. The SMILES string of the molecule is Fc1cncc(Br)c1F. The van der Waals surface area contributed by atoms with E-state index in [-0.39, 0.29) is 4.47 Å². The van der Waals surface area contributed by atoms with E-state index in [9.17, 15) is 8.78 Å². The summed E-state index contributed by atoms with van der Waals surface area (Å²) in [7, 11) is 0. The number of aromatic nitrogens is 1. The molecule has 1 heterocycles. The third-order valence-corrected chi connectivity index (χ3v) is 1.35. The van der Waals surface area contributed by atoms with Crippen molar-refractivity contribution in [2.75, 3.05) is 0 Å². The molecule has 1 aromatic rings. The molecule has 0 fully saturated rings. The van der Waals surface area contributed by atoms with Crippen LogP contribution in [0.25, 0.3) is 0 Å². The smallest absolute Gasteiger partial charge is 0.178 e. The fourth-order valence-electron chi connectivity index (χ4n) is 0.396. The van der Waals surface area contributed by atoms with Crippen molar-refractivity contribution in [2.24, 2.45) is 0 Å². The summed E-state index contributed by atoms with van der Waals surface area (Å²) >= 11 is 2.77. The zero-order valence-corrected chi connectivity index (χ0v) is 5.82. The summed E-state index contributed by atoms with van der Waals surface area (Å²) in [6.45, 7) is 0. The van der Waals surface area contributed by atoms with Gasteiger partial charge < -0.3 is 0 Å². The van der Waals surface area contributed by atoms with Gasteiger partial charge in [-0.05, 0) is 15.9 Å². The molecule has 0 saturated carbocycles. The molecule has 9 heavy (non-hydrogen) atoms. The largest absolute Gasteiger partial charge is 0.260 e. The molecule has 0 N–H and O–H groups in total. The van der Waals surface area contributed by atoms with E-state index in [4.69, 9.17) is 0 Å². The summed E-state index contributed by atoms with van der Waals surface area (Å²) in [4.78, 5) is 3.38. The molecule has 0 spiro atoms. The molecule has 0 amide bonds. The normalized spacial score (nSPS) is 9.67. The molecule has 48 valence electrons. The zero-order valence-electron chi connectivity index (χ0n) is 4.24. The Bertz CT molecular complexity index is 206. The first kappa shape index (κ1) is 6.61. The molecule has 4 heteroatoms. The Morgan fingerprint density at radius 3 is 2.44 bits per heavy atom. The van der Waals surface area contributed by atoms with E-state index in [1.165, 1.54) is 6.20 Å². The van der Waals surface area contributed by atoms with Crippen LogP contribution in [0, 0.1) is 11.6 Å². The van der Waals surface area contributed by atoms with Crippen molar-refractivity contribution in [2.45, 2.75) is 0 Å². The van der Waals surface area contributed by atoms with Crippen molar-refractivity contribution < 1.29 is 8.78 Å². The summed E-state index contributed by atoms with van der Waals surface area (Å²) in [6.07, 6.45) is 2.01. The van der Waals surface area contributed by atoms with Gasteiger partial charge >= 0.3 is 0 Å². The minimum Gasteiger partial charge on any atom is -0.260 e. The quantitative estimate of drug-likeness (QED) is 0.616. The van der Waals surface area contributed by atoms with Crippen LogP contribution >= 0.6 is 15.9 Å². The molecule has 0 atom stereocenters. The summed E-state index contributed by atoms with van der Waals surface area (Å²) in [5.74, 6) is -1.84. The van der Waals surface area contributed by atoms with E-state index in [0.717, 1.165) is 6.20 Å². The molecule has 1 aromatic heterocycles. The first-order chi connectivity index (χ1) is 4.22. The summed E-state index contributed by atoms with van der Waals surface area (Å²) in [5, 5.41) is 0. The minimum absolute atomic E-state index is 0.0440. The van der Waals surface area contributed by atoms with Gasteiger partial charge in [-0.1, -0.05) is 0 Å². The predicted octanol–water partition coefficient (Wildman–Crippen LogP) is 2.12. The number of hydrogen-bond acceptors (Lipinski definition) is 1.